The summed E-state index contributed by atoms with van der Waals surface area (Å²) >= 11 is 0. The van der Waals surface area contributed by atoms with E-state index in [-0.39, 0.29) is 29.2 Å². The van der Waals surface area contributed by atoms with Crippen molar-refractivity contribution in [2.24, 2.45) is 11.7 Å². The second-order valence-electron chi connectivity index (χ2n) is 10.2. The summed E-state index contributed by atoms with van der Waals surface area (Å²) in [6.07, 6.45) is 3.04. The fraction of sp³-hybridized carbons (Fsp3) is 0.400. The first kappa shape index (κ1) is 25.9. The molecule has 1 amide bonds. The van der Waals surface area contributed by atoms with Gasteiger partial charge in [-0.15, -0.1) is 0 Å². The summed E-state index contributed by atoms with van der Waals surface area (Å²) in [6, 6.07) is 13.8. The predicted molar refractivity (Wildman–Crippen MR) is 148 cm³/mol. The number of nitrogens with two attached hydrogens (primary N) is 1. The Kier molecular flexibility index (Phi) is 7.17. The number of carbonyl (C=O) groups excluding carboxylic acids is 2. The number of ketones is 1. The summed E-state index contributed by atoms with van der Waals surface area (Å²) in [7, 11) is 0. The number of Topliss-reactive ketones (excluding diaryl/α,β-unsaturated/α-hetero) is 1. The molecular formula is C30H34N4O4. The molecule has 4 aromatic rings. The van der Waals surface area contributed by atoms with E-state index < -0.39 is 6.04 Å². The molecule has 2 heterocycles. The molecule has 5 rings (SSSR count). The van der Waals surface area contributed by atoms with E-state index in [0.29, 0.717) is 58.2 Å². The molecule has 2 N–H and O–H groups in total. The molecule has 3 unspecified atom stereocenters. The summed E-state index contributed by atoms with van der Waals surface area (Å²) in [5, 5.41) is 5.24. The summed E-state index contributed by atoms with van der Waals surface area (Å²) in [4.78, 5) is 42.4. The standard InChI is InChI=1S/C30H34N4O4/c1-4-33(5-2)29(36)22-15-10-16-23-25(22)27-24(18(3)38-32-27)30(37)34(23)21-14-9-13-20(17-21)26(31)28(35)19-11-7-6-8-12-19/h6-8,10-12,15-16,20-21,26H,4-5,9,13-14,17,31H2,1-3H3. The summed E-state index contributed by atoms with van der Waals surface area (Å²) < 4.78 is 7.28. The van der Waals surface area contributed by atoms with Gasteiger partial charge >= 0.3 is 0 Å². The van der Waals surface area contributed by atoms with Crippen LogP contribution >= 0.6 is 0 Å². The van der Waals surface area contributed by atoms with Crippen LogP contribution in [0.1, 0.15) is 72.0 Å². The van der Waals surface area contributed by atoms with Gasteiger partial charge < -0.3 is 19.7 Å². The Hall–Kier alpha value is -3.78. The number of carbonyl (C=O) groups is 2. The number of fused-ring (bicyclic) bond motifs is 3. The second-order valence-corrected chi connectivity index (χ2v) is 10.2. The molecule has 0 bridgehead atoms. The quantitative estimate of drug-likeness (QED) is 0.352. The monoisotopic (exact) mass is 514 g/mol. The van der Waals surface area contributed by atoms with Gasteiger partial charge in [0.25, 0.3) is 11.5 Å². The first-order chi connectivity index (χ1) is 18.4. The highest BCUT2D eigenvalue weighted by Gasteiger charge is 2.34. The minimum Gasteiger partial charge on any atom is -0.360 e. The van der Waals surface area contributed by atoms with E-state index in [0.717, 1.165) is 19.3 Å². The Labute approximate surface area is 221 Å². The lowest BCUT2D eigenvalue weighted by molar-refractivity contribution is 0.0774. The zero-order valence-electron chi connectivity index (χ0n) is 22.1. The fourth-order valence-corrected chi connectivity index (χ4v) is 6.01. The average Bonchev–Trinajstić information content (AvgIpc) is 3.35. The lowest BCUT2D eigenvalue weighted by atomic mass is 9.79. The first-order valence-electron chi connectivity index (χ1n) is 13.4. The molecular weight excluding hydrogens is 480 g/mol. The molecule has 38 heavy (non-hydrogen) atoms. The smallest absolute Gasteiger partial charge is 0.264 e. The molecule has 2 aromatic heterocycles. The Morgan fingerprint density at radius 2 is 1.82 bits per heavy atom. The number of rotatable bonds is 7. The SMILES string of the molecule is CCN(CC)C(=O)c1cccc2c1c1noc(C)c1c(=O)n2C1CCCC(C(N)C(=O)c2ccccc2)C1. The number of amides is 1. The molecule has 2 aromatic carbocycles. The zero-order valence-corrected chi connectivity index (χ0v) is 22.1. The molecule has 0 aliphatic heterocycles. The Balaban J connectivity index is 1.62. The zero-order chi connectivity index (χ0) is 27.0. The molecule has 1 aliphatic rings. The maximum Gasteiger partial charge on any atom is 0.264 e. The minimum absolute atomic E-state index is 0.0665. The molecule has 1 aliphatic carbocycles. The van der Waals surface area contributed by atoms with Gasteiger partial charge in [-0.05, 0) is 58.1 Å². The topological polar surface area (TPSA) is 111 Å². The Morgan fingerprint density at radius 1 is 1.08 bits per heavy atom. The van der Waals surface area contributed by atoms with Crippen LogP contribution in [0.2, 0.25) is 0 Å². The van der Waals surface area contributed by atoms with Gasteiger partial charge in [0, 0.05) is 30.1 Å². The average molecular weight is 515 g/mol. The number of aromatic nitrogens is 2. The number of hydrogen-bond acceptors (Lipinski definition) is 6. The normalized spacial score (nSPS) is 18.5. The summed E-state index contributed by atoms with van der Waals surface area (Å²) in [5.74, 6) is 0.174. The largest absolute Gasteiger partial charge is 0.360 e. The van der Waals surface area contributed by atoms with Gasteiger partial charge in [0.1, 0.15) is 16.7 Å². The van der Waals surface area contributed by atoms with Crippen molar-refractivity contribution in [3.63, 3.8) is 0 Å². The van der Waals surface area contributed by atoms with Crippen molar-refractivity contribution in [1.82, 2.24) is 14.6 Å². The lowest BCUT2D eigenvalue weighted by Crippen LogP contribution is -2.41. The van der Waals surface area contributed by atoms with Crippen LogP contribution in [-0.2, 0) is 0 Å². The fourth-order valence-electron chi connectivity index (χ4n) is 6.01. The van der Waals surface area contributed by atoms with E-state index in [9.17, 15) is 14.4 Å². The maximum atomic E-state index is 14.0. The van der Waals surface area contributed by atoms with Crippen molar-refractivity contribution in [2.45, 2.75) is 58.5 Å². The van der Waals surface area contributed by atoms with Crippen LogP contribution in [0.3, 0.4) is 0 Å². The first-order valence-corrected chi connectivity index (χ1v) is 13.4. The molecule has 0 radical (unpaired) electrons. The van der Waals surface area contributed by atoms with E-state index in [2.05, 4.69) is 5.16 Å². The molecule has 3 atom stereocenters. The third-order valence-corrected chi connectivity index (χ3v) is 8.04. The van der Waals surface area contributed by atoms with Gasteiger partial charge in [0.05, 0.1) is 17.1 Å². The van der Waals surface area contributed by atoms with Gasteiger partial charge in [-0.25, -0.2) is 0 Å². The number of pyridine rings is 1. The molecule has 1 saturated carbocycles. The highest BCUT2D eigenvalue weighted by atomic mass is 16.5. The summed E-state index contributed by atoms with van der Waals surface area (Å²) in [5.41, 5.74) is 8.52. The number of nitrogens with zero attached hydrogens (tertiary/aromatic N) is 3. The number of benzene rings is 2. The molecule has 1 fully saturated rings. The van der Waals surface area contributed by atoms with Crippen LogP contribution in [-0.4, -0.2) is 45.4 Å². The van der Waals surface area contributed by atoms with Gasteiger partial charge in [-0.3, -0.25) is 14.4 Å². The molecule has 8 heteroatoms. The third kappa shape index (κ3) is 4.32. The van der Waals surface area contributed by atoms with Crippen LogP contribution in [0, 0.1) is 12.8 Å². The molecule has 0 saturated heterocycles. The molecule has 198 valence electrons. The molecule has 8 nitrogen and oxygen atoms in total. The van der Waals surface area contributed by atoms with Crippen molar-refractivity contribution in [1.29, 1.82) is 0 Å². The van der Waals surface area contributed by atoms with Crippen molar-refractivity contribution in [2.75, 3.05) is 13.1 Å². The van der Waals surface area contributed by atoms with Crippen LogP contribution in [0.5, 0.6) is 0 Å². The number of aryl methyl sites for hydroxylation is 1. The highest BCUT2D eigenvalue weighted by Crippen LogP contribution is 2.37. The minimum atomic E-state index is -0.650. The molecule has 0 spiro atoms. The van der Waals surface area contributed by atoms with E-state index in [1.165, 1.54) is 0 Å². The van der Waals surface area contributed by atoms with Crippen molar-refractivity contribution in [3.05, 3.63) is 75.8 Å². The predicted octanol–water partition coefficient (Wildman–Crippen LogP) is 4.87. The van der Waals surface area contributed by atoms with Crippen LogP contribution in [0.15, 0.2) is 57.8 Å². The van der Waals surface area contributed by atoms with Crippen LogP contribution in [0.25, 0.3) is 21.8 Å². The maximum absolute atomic E-state index is 14.0. The van der Waals surface area contributed by atoms with E-state index in [4.69, 9.17) is 10.3 Å². The van der Waals surface area contributed by atoms with Gasteiger partial charge in [-0.2, -0.15) is 0 Å². The lowest BCUT2D eigenvalue weighted by Gasteiger charge is -2.34. The van der Waals surface area contributed by atoms with E-state index >= 15 is 0 Å². The van der Waals surface area contributed by atoms with E-state index in [1.807, 2.05) is 44.2 Å². The van der Waals surface area contributed by atoms with Gasteiger partial charge in [-0.1, -0.05) is 48.0 Å². The van der Waals surface area contributed by atoms with Crippen molar-refractivity contribution in [3.8, 4) is 0 Å². The van der Waals surface area contributed by atoms with Gasteiger partial charge in [0.15, 0.2) is 5.78 Å². The van der Waals surface area contributed by atoms with Gasteiger partial charge in [0.2, 0.25) is 0 Å². The Bertz CT molecular complexity index is 1550. The van der Waals surface area contributed by atoms with Crippen molar-refractivity contribution >= 4 is 33.5 Å². The second kappa shape index (κ2) is 10.5. The summed E-state index contributed by atoms with van der Waals surface area (Å²) in [6.45, 7) is 6.76. The van der Waals surface area contributed by atoms with Crippen molar-refractivity contribution < 1.29 is 14.1 Å². The number of hydrogen-bond donors (Lipinski definition) is 1. The van der Waals surface area contributed by atoms with Crippen LogP contribution < -0.4 is 11.3 Å². The van der Waals surface area contributed by atoms with Crippen LogP contribution in [0.4, 0.5) is 0 Å². The van der Waals surface area contributed by atoms with E-state index in [1.54, 1.807) is 34.6 Å². The Morgan fingerprint density at radius 3 is 2.53 bits per heavy atom. The third-order valence-electron chi connectivity index (χ3n) is 8.04. The highest BCUT2D eigenvalue weighted by molar-refractivity contribution is 6.15.